The van der Waals surface area contributed by atoms with Crippen LogP contribution in [0.2, 0.25) is 0 Å². The Balaban J connectivity index is 2.02. The summed E-state index contributed by atoms with van der Waals surface area (Å²) < 4.78 is 24.8. The molecule has 2 aromatic carbocycles. The zero-order valence-corrected chi connectivity index (χ0v) is 25.9. The van der Waals surface area contributed by atoms with Crippen molar-refractivity contribution in [1.82, 2.24) is 9.47 Å². The molecule has 1 aromatic heterocycles. The van der Waals surface area contributed by atoms with E-state index in [1.165, 1.54) is 11.3 Å². The number of methoxy groups -OCH3 is 4. The summed E-state index contributed by atoms with van der Waals surface area (Å²) in [6.45, 7) is 6.70. The Hall–Kier alpha value is -3.57. The molecule has 1 amide bonds. The molecule has 0 radical (unpaired) electrons. The van der Waals surface area contributed by atoms with Crippen LogP contribution in [-0.4, -0.2) is 56.9 Å². The van der Waals surface area contributed by atoms with E-state index in [0.29, 0.717) is 66.7 Å². The molecule has 11 heteroatoms. The van der Waals surface area contributed by atoms with Gasteiger partial charge in [0.15, 0.2) is 16.3 Å². The topological polar surface area (TPSA) is 91.6 Å². The van der Waals surface area contributed by atoms with Crippen LogP contribution in [0.25, 0.3) is 6.08 Å². The highest BCUT2D eigenvalue weighted by molar-refractivity contribution is 9.10. The van der Waals surface area contributed by atoms with Crippen LogP contribution in [0.15, 0.2) is 55.9 Å². The van der Waals surface area contributed by atoms with Gasteiger partial charge in [-0.1, -0.05) is 11.3 Å². The molecular weight excluding hydrogens is 598 g/mol. The Kier molecular flexibility index (Phi) is 9.05. The van der Waals surface area contributed by atoms with Crippen LogP contribution < -0.4 is 33.8 Å². The van der Waals surface area contributed by atoms with Crippen LogP contribution in [0.5, 0.6) is 23.0 Å². The first-order valence-corrected chi connectivity index (χ1v) is 14.3. The molecule has 0 N–H and O–H groups in total. The number of thiazole rings is 1. The maximum atomic E-state index is 14.1. The Morgan fingerprint density at radius 1 is 1.05 bits per heavy atom. The minimum Gasteiger partial charge on any atom is -0.497 e. The lowest BCUT2D eigenvalue weighted by Crippen LogP contribution is -2.43. The zero-order chi connectivity index (χ0) is 29.1. The van der Waals surface area contributed by atoms with E-state index in [0.717, 1.165) is 5.56 Å². The second-order valence-corrected chi connectivity index (χ2v) is 10.8. The second-order valence-electron chi connectivity index (χ2n) is 8.91. The number of carbonyl (C=O) groups is 1. The van der Waals surface area contributed by atoms with E-state index in [1.54, 1.807) is 75.2 Å². The number of fused-ring (bicyclic) bond motifs is 1. The number of halogens is 1. The third-order valence-corrected chi connectivity index (χ3v) is 8.36. The highest BCUT2D eigenvalue weighted by atomic mass is 79.9. The lowest BCUT2D eigenvalue weighted by Gasteiger charge is -2.30. The van der Waals surface area contributed by atoms with Gasteiger partial charge in [0, 0.05) is 18.7 Å². The average Bonchev–Trinajstić information content (AvgIpc) is 3.25. The van der Waals surface area contributed by atoms with Crippen molar-refractivity contribution in [2.24, 2.45) is 4.99 Å². The number of rotatable bonds is 9. The predicted octanol–water partition coefficient (Wildman–Crippen LogP) is 3.90. The number of carbonyl (C=O) groups excluding carboxylic acids is 1. The summed E-state index contributed by atoms with van der Waals surface area (Å²) in [5.74, 6) is 2.01. The van der Waals surface area contributed by atoms with Crippen molar-refractivity contribution in [3.8, 4) is 23.0 Å². The Bertz CT molecular complexity index is 1660. The van der Waals surface area contributed by atoms with Gasteiger partial charge >= 0.3 is 0 Å². The van der Waals surface area contributed by atoms with Crippen LogP contribution in [-0.2, 0) is 4.79 Å². The third kappa shape index (κ3) is 5.27. The molecule has 1 atom stereocenters. The Morgan fingerprint density at radius 2 is 1.75 bits per heavy atom. The second kappa shape index (κ2) is 12.3. The number of benzene rings is 2. The standard InChI is InChI=1S/C29H32BrN3O6S/c1-8-32(9-2)28(35)24-16(3)31-29-33(25(24)19-15-18(36-4)10-11-21(19)37-5)27(34)23(40-29)14-17-12-20(30)26(39-7)22(13-17)38-6/h10-15,25H,8-9H2,1-7H3/b23-14+/t25-/m0/s1. The monoisotopic (exact) mass is 629 g/mol. The highest BCUT2D eigenvalue weighted by Gasteiger charge is 2.36. The van der Waals surface area contributed by atoms with Crippen molar-refractivity contribution in [1.29, 1.82) is 0 Å². The number of aromatic nitrogens is 1. The Morgan fingerprint density at radius 3 is 2.35 bits per heavy atom. The van der Waals surface area contributed by atoms with Crippen LogP contribution in [0.4, 0.5) is 0 Å². The van der Waals surface area contributed by atoms with E-state index in [1.807, 2.05) is 19.9 Å². The average molecular weight is 631 g/mol. The summed E-state index contributed by atoms with van der Waals surface area (Å²) >= 11 is 4.77. The van der Waals surface area contributed by atoms with Gasteiger partial charge in [-0.3, -0.25) is 14.2 Å². The molecule has 1 aliphatic heterocycles. The van der Waals surface area contributed by atoms with Crippen molar-refractivity contribution in [3.63, 3.8) is 0 Å². The fourth-order valence-electron chi connectivity index (χ4n) is 4.80. The van der Waals surface area contributed by atoms with E-state index in [-0.39, 0.29) is 11.5 Å². The number of nitrogens with zero attached hydrogens (tertiary/aromatic N) is 3. The molecule has 0 saturated carbocycles. The van der Waals surface area contributed by atoms with Crippen molar-refractivity contribution in [2.45, 2.75) is 26.8 Å². The Labute approximate surface area is 245 Å². The number of amides is 1. The largest absolute Gasteiger partial charge is 0.497 e. The van der Waals surface area contributed by atoms with Crippen LogP contribution in [0.3, 0.4) is 0 Å². The SMILES string of the molecule is CCN(CC)C(=O)C1=C(C)N=c2s/c(=C/c3cc(Br)c(OC)c(OC)c3)c(=O)n2[C@H]1c1cc(OC)ccc1OC. The molecule has 3 aromatic rings. The number of allylic oxidation sites excluding steroid dienone is 1. The lowest BCUT2D eigenvalue weighted by molar-refractivity contribution is -0.127. The number of hydrogen-bond donors (Lipinski definition) is 0. The molecule has 0 bridgehead atoms. The minimum atomic E-state index is -0.770. The summed E-state index contributed by atoms with van der Waals surface area (Å²) in [5, 5.41) is 0. The van der Waals surface area contributed by atoms with Crippen LogP contribution in [0, 0.1) is 0 Å². The number of ether oxygens (including phenoxy) is 4. The zero-order valence-electron chi connectivity index (χ0n) is 23.5. The van der Waals surface area contributed by atoms with Gasteiger partial charge in [0.05, 0.1) is 48.7 Å². The van der Waals surface area contributed by atoms with Gasteiger partial charge in [0.1, 0.15) is 17.5 Å². The summed E-state index contributed by atoms with van der Waals surface area (Å²) in [4.78, 5) is 34.9. The van der Waals surface area contributed by atoms with Crippen molar-refractivity contribution < 1.29 is 23.7 Å². The van der Waals surface area contributed by atoms with E-state index in [9.17, 15) is 9.59 Å². The van der Waals surface area contributed by atoms with E-state index in [2.05, 4.69) is 15.9 Å². The van der Waals surface area contributed by atoms with Crippen molar-refractivity contribution >= 4 is 39.2 Å². The maximum Gasteiger partial charge on any atom is 0.271 e. The molecule has 212 valence electrons. The molecule has 0 unspecified atom stereocenters. The van der Waals surface area contributed by atoms with Gasteiger partial charge in [0.25, 0.3) is 11.5 Å². The van der Waals surface area contributed by atoms with Crippen molar-refractivity contribution in [2.75, 3.05) is 41.5 Å². The first-order chi connectivity index (χ1) is 19.2. The molecule has 40 heavy (non-hydrogen) atoms. The minimum absolute atomic E-state index is 0.181. The summed E-state index contributed by atoms with van der Waals surface area (Å²) in [6.07, 6.45) is 1.78. The highest BCUT2D eigenvalue weighted by Crippen LogP contribution is 2.39. The van der Waals surface area contributed by atoms with E-state index >= 15 is 0 Å². The smallest absolute Gasteiger partial charge is 0.271 e. The van der Waals surface area contributed by atoms with Gasteiger partial charge in [-0.15, -0.1) is 0 Å². The van der Waals surface area contributed by atoms with E-state index < -0.39 is 6.04 Å². The van der Waals surface area contributed by atoms with E-state index in [4.69, 9.17) is 23.9 Å². The van der Waals surface area contributed by atoms with Gasteiger partial charge < -0.3 is 23.8 Å². The van der Waals surface area contributed by atoms with Gasteiger partial charge in [0.2, 0.25) is 0 Å². The fourth-order valence-corrected chi connectivity index (χ4v) is 6.46. The van der Waals surface area contributed by atoms with Gasteiger partial charge in [-0.05, 0) is 78.7 Å². The van der Waals surface area contributed by atoms with Gasteiger partial charge in [-0.25, -0.2) is 4.99 Å². The molecule has 1 aliphatic rings. The third-order valence-electron chi connectivity index (χ3n) is 6.79. The molecule has 0 saturated heterocycles. The normalized spacial score (nSPS) is 14.9. The van der Waals surface area contributed by atoms with Crippen molar-refractivity contribution in [3.05, 3.63) is 76.9 Å². The molecular formula is C29H32BrN3O6S. The predicted molar refractivity (Wildman–Crippen MR) is 158 cm³/mol. The maximum absolute atomic E-state index is 14.1. The molecule has 0 spiro atoms. The molecule has 2 heterocycles. The molecule has 0 fully saturated rings. The molecule has 0 aliphatic carbocycles. The summed E-state index contributed by atoms with van der Waals surface area (Å²) in [5.41, 5.74) is 2.06. The lowest BCUT2D eigenvalue weighted by atomic mass is 9.93. The van der Waals surface area contributed by atoms with Crippen LogP contribution in [0.1, 0.15) is 37.9 Å². The quantitative estimate of drug-likeness (QED) is 0.357. The summed E-state index contributed by atoms with van der Waals surface area (Å²) in [7, 11) is 6.25. The number of likely N-dealkylation sites (N-methyl/N-ethyl adjacent to an activating group) is 1. The first kappa shape index (κ1) is 29.4. The number of hydrogen-bond acceptors (Lipinski definition) is 8. The first-order valence-electron chi connectivity index (χ1n) is 12.7. The molecule has 9 nitrogen and oxygen atoms in total. The van der Waals surface area contributed by atoms with Gasteiger partial charge in [-0.2, -0.15) is 0 Å². The fraction of sp³-hybridized carbons (Fsp3) is 0.345. The summed E-state index contributed by atoms with van der Waals surface area (Å²) in [6, 6.07) is 8.24. The van der Waals surface area contributed by atoms with Crippen LogP contribution >= 0.6 is 27.3 Å². The molecule has 4 rings (SSSR count).